The topological polar surface area (TPSA) is 93.8 Å². The number of carbonyl (C=O) groups excluding carboxylic acids is 2. The molecule has 1 aromatic heterocycles. The molecule has 1 aromatic rings. The van der Waals surface area contributed by atoms with Crippen molar-refractivity contribution in [3.05, 3.63) is 93.1 Å². The van der Waals surface area contributed by atoms with Crippen molar-refractivity contribution in [2.24, 2.45) is 5.92 Å². The van der Waals surface area contributed by atoms with Gasteiger partial charge in [0.1, 0.15) is 16.9 Å². The molecule has 0 bridgehead atoms. The van der Waals surface area contributed by atoms with Crippen molar-refractivity contribution in [2.45, 2.75) is 18.4 Å². The van der Waals surface area contributed by atoms with Crippen LogP contribution in [0, 0.1) is 69.6 Å². The van der Waals surface area contributed by atoms with Gasteiger partial charge in [0.05, 0.1) is 28.6 Å². The van der Waals surface area contributed by atoms with Gasteiger partial charge in [0.25, 0.3) is 0 Å². The van der Waals surface area contributed by atoms with Gasteiger partial charge in [-0.2, -0.15) is 0 Å². The molecule has 2 aliphatic heterocycles. The van der Waals surface area contributed by atoms with Crippen LogP contribution in [0.3, 0.4) is 0 Å². The Morgan fingerprint density at radius 3 is 2.16 bits per heavy atom. The summed E-state index contributed by atoms with van der Waals surface area (Å²) in [7, 11) is 0. The average molecular weight is 487 g/mol. The number of aliphatic carboxylic acids is 1. The summed E-state index contributed by atoms with van der Waals surface area (Å²) in [5, 5.41) is 20.8. The molecule has 3 atom stereocenters. The second kappa shape index (κ2) is 11.8. The SMILES string of the molecule is C[C@@H](O)[C@H]1C(=O)N2C(C(=O)[O-])=C(c3ccc([C]4[CH][CH][CH][CH]4)o3)S[C@H]12.[CH]1[CH][CH][CH][CH]1.[Fe+2].[Na+]. The van der Waals surface area contributed by atoms with Crippen LogP contribution in [0.15, 0.2) is 22.2 Å². The van der Waals surface area contributed by atoms with Crippen LogP contribution in [0.5, 0.6) is 0 Å². The van der Waals surface area contributed by atoms with Crippen LogP contribution in [0.25, 0.3) is 4.91 Å². The number of thioether (sulfide) groups is 1. The van der Waals surface area contributed by atoms with Crippen LogP contribution < -0.4 is 34.7 Å². The van der Waals surface area contributed by atoms with Crippen molar-refractivity contribution in [1.82, 2.24) is 4.90 Å². The Morgan fingerprint density at radius 1 is 1.10 bits per heavy atom. The molecule has 9 heteroatoms. The van der Waals surface area contributed by atoms with E-state index in [2.05, 4.69) is 0 Å². The van der Waals surface area contributed by atoms with Gasteiger partial charge in [0.15, 0.2) is 0 Å². The number of aliphatic hydroxyl groups excluding tert-OH is 1. The fourth-order valence-electron chi connectivity index (χ4n) is 3.42. The molecule has 6 nitrogen and oxygen atoms in total. The Balaban J connectivity index is 0.000000432. The number of β-lactam (4-membered cyclic amide) rings is 1. The average Bonchev–Trinajstić information content (AvgIpc) is 3.47. The normalized spacial score (nSPS) is 25.7. The Kier molecular flexibility index (Phi) is 10.3. The number of aliphatic hydroxyl groups is 1. The van der Waals surface area contributed by atoms with E-state index in [1.165, 1.54) is 23.6 Å². The van der Waals surface area contributed by atoms with Gasteiger partial charge in [-0.05, 0) is 76.8 Å². The first kappa shape index (κ1) is 27.0. The van der Waals surface area contributed by atoms with Crippen LogP contribution in [-0.4, -0.2) is 33.4 Å². The molecule has 0 aromatic carbocycles. The molecule has 0 spiro atoms. The molecule has 4 aliphatic rings. The molecule has 10 radical (unpaired) electrons. The molecule has 0 unspecified atom stereocenters. The fraction of sp³-hybridized carbons (Fsp3) is 0.182. The molecule has 1 amide bonds. The first-order chi connectivity index (χ1) is 14.0. The van der Waals surface area contributed by atoms with Gasteiger partial charge in [0, 0.05) is 5.92 Å². The maximum atomic E-state index is 12.2. The predicted octanol–water partition coefficient (Wildman–Crippen LogP) is -1.61. The van der Waals surface area contributed by atoms with Crippen molar-refractivity contribution in [1.29, 1.82) is 0 Å². The first-order valence-corrected chi connectivity index (χ1v) is 9.99. The monoisotopic (exact) mass is 487 g/mol. The molecule has 31 heavy (non-hydrogen) atoms. The van der Waals surface area contributed by atoms with Crippen molar-refractivity contribution < 1.29 is 70.8 Å². The van der Waals surface area contributed by atoms with E-state index in [1.54, 1.807) is 12.1 Å². The van der Waals surface area contributed by atoms with Gasteiger partial charge >= 0.3 is 46.6 Å². The van der Waals surface area contributed by atoms with Crippen LogP contribution in [0.4, 0.5) is 0 Å². The number of carboxylic acids is 1. The summed E-state index contributed by atoms with van der Waals surface area (Å²) in [5.41, 5.74) is -0.185. The summed E-state index contributed by atoms with van der Waals surface area (Å²) in [6.07, 6.45) is 16.7. The Hall–Kier alpha value is -0.211. The summed E-state index contributed by atoms with van der Waals surface area (Å²) >= 11 is 1.21. The number of carboxylic acid groups (broad SMARTS) is 1. The van der Waals surface area contributed by atoms with E-state index in [1.807, 2.05) is 57.8 Å². The summed E-state index contributed by atoms with van der Waals surface area (Å²) in [4.78, 5) is 25.3. The molecule has 154 valence electrons. The number of hydrogen-bond donors (Lipinski definition) is 1. The number of amides is 1. The zero-order valence-electron chi connectivity index (χ0n) is 16.9. The van der Waals surface area contributed by atoms with E-state index in [-0.39, 0.29) is 52.3 Å². The largest absolute Gasteiger partial charge is 2.00 e. The zero-order valence-corrected chi connectivity index (χ0v) is 20.8. The van der Waals surface area contributed by atoms with Crippen molar-refractivity contribution >= 4 is 28.5 Å². The molecule has 5 rings (SSSR count). The summed E-state index contributed by atoms with van der Waals surface area (Å²) < 4.78 is 5.78. The number of fused-ring (bicyclic) bond motifs is 1. The number of rotatable bonds is 4. The van der Waals surface area contributed by atoms with Crippen LogP contribution in [0.1, 0.15) is 18.4 Å². The zero-order chi connectivity index (χ0) is 20.5. The van der Waals surface area contributed by atoms with Gasteiger partial charge in [-0.1, -0.05) is 11.8 Å². The van der Waals surface area contributed by atoms with E-state index in [4.69, 9.17) is 4.42 Å². The quantitative estimate of drug-likeness (QED) is 0.406. The molecular formula is C22H18FeNNaO5S+2. The van der Waals surface area contributed by atoms with Gasteiger partial charge in [-0.3, -0.25) is 9.69 Å². The molecule has 3 fully saturated rings. The fourth-order valence-corrected chi connectivity index (χ4v) is 4.99. The van der Waals surface area contributed by atoms with Gasteiger partial charge in [0.2, 0.25) is 5.91 Å². The second-order valence-electron chi connectivity index (χ2n) is 6.75. The summed E-state index contributed by atoms with van der Waals surface area (Å²) in [6.45, 7) is 1.53. The van der Waals surface area contributed by atoms with E-state index >= 15 is 0 Å². The minimum Gasteiger partial charge on any atom is -0.543 e. The summed E-state index contributed by atoms with van der Waals surface area (Å²) in [5.74, 6) is -0.564. The second-order valence-corrected chi connectivity index (χ2v) is 7.87. The predicted molar refractivity (Wildman–Crippen MR) is 105 cm³/mol. The van der Waals surface area contributed by atoms with Crippen molar-refractivity contribution in [2.75, 3.05) is 0 Å². The number of hydrogen-bond acceptors (Lipinski definition) is 6. The van der Waals surface area contributed by atoms with E-state index in [0.717, 1.165) is 5.92 Å². The summed E-state index contributed by atoms with van der Waals surface area (Å²) in [6, 6.07) is 3.44. The number of carbonyl (C=O) groups is 2. The van der Waals surface area contributed by atoms with Crippen LogP contribution in [-0.2, 0) is 26.7 Å². The molecule has 2 saturated carbocycles. The minimum absolute atomic E-state index is 0. The smallest absolute Gasteiger partial charge is 0.543 e. The maximum Gasteiger partial charge on any atom is 2.00 e. The third kappa shape index (κ3) is 5.48. The number of furan rings is 1. The third-order valence-corrected chi connectivity index (χ3v) is 6.20. The van der Waals surface area contributed by atoms with E-state index in [9.17, 15) is 19.8 Å². The standard InChI is InChI=1S/C17H14NO5S.C5H5.Fe.Na/c1-8(19)12-15(20)18-13(17(21)22)14(24-16(12)18)11-7-6-10(23-11)9-4-2-3-5-9;1-2-4-5-3-1;;/h2-8,12,16,19H,1H3,(H,21,22);1-5H;;/q;;+2;+1/p-1/t8-,12+,16-;;;/m1.../s1. The van der Waals surface area contributed by atoms with Crippen LogP contribution in [0.2, 0.25) is 0 Å². The van der Waals surface area contributed by atoms with Crippen molar-refractivity contribution in [3.63, 3.8) is 0 Å². The van der Waals surface area contributed by atoms with E-state index in [0.29, 0.717) is 16.4 Å². The molecule has 2 aliphatic carbocycles. The van der Waals surface area contributed by atoms with Crippen LogP contribution >= 0.6 is 11.8 Å². The molecule has 1 N–H and O–H groups in total. The molecular weight excluding hydrogens is 469 g/mol. The Morgan fingerprint density at radius 2 is 1.65 bits per heavy atom. The Bertz CT molecular complexity index is 809. The third-order valence-electron chi connectivity index (χ3n) is 4.82. The van der Waals surface area contributed by atoms with Crippen molar-refractivity contribution in [3.8, 4) is 0 Å². The molecule has 3 heterocycles. The maximum absolute atomic E-state index is 12.2. The van der Waals surface area contributed by atoms with Gasteiger partial charge < -0.3 is 19.4 Å². The minimum atomic E-state index is -1.43. The van der Waals surface area contributed by atoms with Gasteiger partial charge in [-0.15, -0.1) is 0 Å². The molecule has 1 saturated heterocycles. The Labute approximate surface area is 220 Å². The first-order valence-electron chi connectivity index (χ1n) is 9.11. The van der Waals surface area contributed by atoms with Gasteiger partial charge in [-0.25, -0.2) is 0 Å². The van der Waals surface area contributed by atoms with E-state index < -0.39 is 29.3 Å². The number of nitrogens with zero attached hydrogens (tertiary/aromatic N) is 1.